The largest absolute Gasteiger partial charge is 0.333 e. The van der Waals surface area contributed by atoms with Gasteiger partial charge in [0.05, 0.1) is 11.5 Å². The summed E-state index contributed by atoms with van der Waals surface area (Å²) in [4.78, 5) is 13.7. The molecule has 1 aliphatic heterocycles. The highest BCUT2D eigenvalue weighted by Crippen LogP contribution is 2.19. The van der Waals surface area contributed by atoms with Crippen molar-refractivity contribution in [1.29, 1.82) is 0 Å². The maximum atomic E-state index is 12.2. The van der Waals surface area contributed by atoms with Crippen molar-refractivity contribution in [2.75, 3.05) is 18.1 Å². The Morgan fingerprint density at radius 1 is 1.50 bits per heavy atom. The molecule has 100 valence electrons. The molecule has 1 amide bonds. The molecule has 1 fully saturated rings. The Balaban J connectivity index is 2.20. The van der Waals surface area contributed by atoms with Crippen LogP contribution in [0, 0.1) is 6.92 Å². The summed E-state index contributed by atoms with van der Waals surface area (Å²) in [6.45, 7) is 3.87. The van der Waals surface area contributed by atoms with Crippen LogP contribution in [0.1, 0.15) is 29.5 Å². The molecule has 1 aromatic heterocycles. The molecule has 2 rings (SSSR count). The molecule has 0 N–H and O–H groups in total. The zero-order valence-corrected chi connectivity index (χ0v) is 11.1. The first-order valence-corrected chi connectivity index (χ1v) is 7.57. The number of carbonyl (C=O) groups excluding carboxylic acids is 1. The third kappa shape index (κ3) is 2.38. The number of amides is 1. The highest BCUT2D eigenvalue weighted by Gasteiger charge is 2.35. The van der Waals surface area contributed by atoms with E-state index in [1.807, 2.05) is 6.92 Å². The first kappa shape index (κ1) is 13.0. The predicted molar refractivity (Wildman–Crippen MR) is 62.8 cm³/mol. The molecule has 0 aliphatic carbocycles. The molecule has 1 saturated heterocycles. The molecule has 0 radical (unpaired) electrons. The Hall–Kier alpha value is -1.44. The second-order valence-electron chi connectivity index (χ2n) is 4.35. The van der Waals surface area contributed by atoms with E-state index in [1.165, 1.54) is 4.90 Å². The number of hydrogen-bond acceptors (Lipinski definition) is 6. The van der Waals surface area contributed by atoms with Crippen molar-refractivity contribution < 1.29 is 17.8 Å². The minimum absolute atomic E-state index is 0.0247. The number of rotatable bonds is 3. The summed E-state index contributed by atoms with van der Waals surface area (Å²) in [5.74, 6) is -0.160. The summed E-state index contributed by atoms with van der Waals surface area (Å²) in [6, 6.07) is -0.274. The molecule has 0 saturated carbocycles. The van der Waals surface area contributed by atoms with Gasteiger partial charge in [-0.1, -0.05) is 5.16 Å². The topological polar surface area (TPSA) is 93.4 Å². The molecule has 1 aliphatic rings. The predicted octanol–water partition coefficient (Wildman–Crippen LogP) is 0.0272. The van der Waals surface area contributed by atoms with Crippen LogP contribution in [-0.4, -0.2) is 53.6 Å². The van der Waals surface area contributed by atoms with Crippen LogP contribution in [0.2, 0.25) is 0 Å². The highest BCUT2D eigenvalue weighted by molar-refractivity contribution is 7.91. The third-order valence-corrected chi connectivity index (χ3v) is 4.86. The maximum absolute atomic E-state index is 12.2. The standard InChI is InChI=1S/C10H15N3O4S/c1-3-13(8-4-5-18(15,16)6-8)10(14)9-7(2)11-17-12-9/h8H,3-6H2,1-2H3. The zero-order chi connectivity index (χ0) is 13.3. The van der Waals surface area contributed by atoms with Gasteiger partial charge in [-0.05, 0) is 25.4 Å². The van der Waals surface area contributed by atoms with Crippen molar-refractivity contribution in [1.82, 2.24) is 15.2 Å². The average molecular weight is 273 g/mol. The van der Waals surface area contributed by atoms with Crippen LogP contribution >= 0.6 is 0 Å². The molecule has 1 atom stereocenters. The minimum Gasteiger partial charge on any atom is -0.333 e. The van der Waals surface area contributed by atoms with Gasteiger partial charge in [-0.25, -0.2) is 13.0 Å². The van der Waals surface area contributed by atoms with Gasteiger partial charge in [0.1, 0.15) is 5.69 Å². The van der Waals surface area contributed by atoms with Gasteiger partial charge in [0.25, 0.3) is 5.91 Å². The molecule has 1 unspecified atom stereocenters. The SMILES string of the molecule is CCN(C(=O)c1nonc1C)C1CCS(=O)(=O)C1. The maximum Gasteiger partial charge on any atom is 0.278 e. The van der Waals surface area contributed by atoms with Crippen molar-refractivity contribution in [2.24, 2.45) is 0 Å². The minimum atomic E-state index is -3.02. The number of carbonyl (C=O) groups is 1. The normalized spacial score (nSPS) is 22.0. The summed E-state index contributed by atoms with van der Waals surface area (Å²) in [5, 5.41) is 7.12. The Kier molecular flexibility index (Phi) is 3.38. The average Bonchev–Trinajstić information content (AvgIpc) is 2.86. The van der Waals surface area contributed by atoms with Crippen LogP contribution in [-0.2, 0) is 9.84 Å². The lowest BCUT2D eigenvalue weighted by Crippen LogP contribution is -2.41. The van der Waals surface area contributed by atoms with Gasteiger partial charge >= 0.3 is 0 Å². The molecule has 1 aromatic rings. The quantitative estimate of drug-likeness (QED) is 0.771. The second-order valence-corrected chi connectivity index (χ2v) is 6.57. The van der Waals surface area contributed by atoms with E-state index in [2.05, 4.69) is 14.9 Å². The molecular formula is C10H15N3O4S. The number of aryl methyl sites for hydroxylation is 1. The van der Waals surface area contributed by atoms with Gasteiger partial charge < -0.3 is 4.90 Å². The van der Waals surface area contributed by atoms with Gasteiger partial charge in [0.2, 0.25) is 0 Å². The van der Waals surface area contributed by atoms with E-state index in [0.29, 0.717) is 18.7 Å². The van der Waals surface area contributed by atoms with Crippen LogP contribution in [0.3, 0.4) is 0 Å². The summed E-state index contributed by atoms with van der Waals surface area (Å²) in [6.07, 6.45) is 0.478. The van der Waals surface area contributed by atoms with Crippen molar-refractivity contribution in [3.63, 3.8) is 0 Å². The lowest BCUT2D eigenvalue weighted by molar-refractivity contribution is 0.0696. The van der Waals surface area contributed by atoms with Crippen LogP contribution in [0.4, 0.5) is 0 Å². The van der Waals surface area contributed by atoms with Crippen molar-refractivity contribution in [3.05, 3.63) is 11.4 Å². The first-order valence-electron chi connectivity index (χ1n) is 5.75. The number of sulfone groups is 1. The number of aromatic nitrogens is 2. The highest BCUT2D eigenvalue weighted by atomic mass is 32.2. The summed E-state index contributed by atoms with van der Waals surface area (Å²) < 4.78 is 27.4. The van der Waals surface area contributed by atoms with Crippen LogP contribution in [0.5, 0.6) is 0 Å². The van der Waals surface area contributed by atoms with E-state index in [4.69, 9.17) is 0 Å². The monoisotopic (exact) mass is 273 g/mol. The van der Waals surface area contributed by atoms with Crippen molar-refractivity contribution >= 4 is 15.7 Å². The Morgan fingerprint density at radius 2 is 2.22 bits per heavy atom. The number of hydrogen-bond donors (Lipinski definition) is 0. The van der Waals surface area contributed by atoms with E-state index >= 15 is 0 Å². The molecule has 0 aromatic carbocycles. The molecule has 7 nitrogen and oxygen atoms in total. The lowest BCUT2D eigenvalue weighted by atomic mass is 10.2. The second kappa shape index (κ2) is 4.68. The van der Waals surface area contributed by atoms with Crippen LogP contribution in [0.25, 0.3) is 0 Å². The summed E-state index contributed by atoms with van der Waals surface area (Å²) in [5.41, 5.74) is 0.570. The Morgan fingerprint density at radius 3 is 2.67 bits per heavy atom. The summed E-state index contributed by atoms with van der Waals surface area (Å²) in [7, 11) is -3.02. The van der Waals surface area contributed by atoms with E-state index < -0.39 is 9.84 Å². The molecular weight excluding hydrogens is 258 g/mol. The van der Waals surface area contributed by atoms with Gasteiger partial charge in [0.15, 0.2) is 15.5 Å². The smallest absolute Gasteiger partial charge is 0.278 e. The van der Waals surface area contributed by atoms with E-state index in [-0.39, 0.29) is 29.1 Å². The lowest BCUT2D eigenvalue weighted by Gasteiger charge is -2.25. The molecule has 0 spiro atoms. The van der Waals surface area contributed by atoms with Crippen LogP contribution in [0.15, 0.2) is 4.63 Å². The summed E-state index contributed by atoms with van der Waals surface area (Å²) >= 11 is 0. The van der Waals surface area contributed by atoms with Gasteiger partial charge in [-0.2, -0.15) is 0 Å². The van der Waals surface area contributed by atoms with Crippen molar-refractivity contribution in [2.45, 2.75) is 26.3 Å². The van der Waals surface area contributed by atoms with E-state index in [9.17, 15) is 13.2 Å². The van der Waals surface area contributed by atoms with Crippen LogP contribution < -0.4 is 0 Å². The fourth-order valence-electron chi connectivity index (χ4n) is 2.15. The van der Waals surface area contributed by atoms with Crippen molar-refractivity contribution in [3.8, 4) is 0 Å². The number of nitrogens with zero attached hydrogens (tertiary/aromatic N) is 3. The van der Waals surface area contributed by atoms with Gasteiger partial charge in [-0.15, -0.1) is 0 Å². The first-order chi connectivity index (χ1) is 8.44. The third-order valence-electron chi connectivity index (χ3n) is 3.11. The van der Waals surface area contributed by atoms with Gasteiger partial charge in [0, 0.05) is 12.6 Å². The molecule has 2 heterocycles. The van der Waals surface area contributed by atoms with E-state index in [1.54, 1.807) is 6.92 Å². The Bertz CT molecular complexity index is 551. The Labute approximate surface area is 105 Å². The fraction of sp³-hybridized carbons (Fsp3) is 0.700. The fourth-order valence-corrected chi connectivity index (χ4v) is 3.88. The molecule has 8 heteroatoms. The zero-order valence-electron chi connectivity index (χ0n) is 10.3. The molecule has 18 heavy (non-hydrogen) atoms. The van der Waals surface area contributed by atoms with Gasteiger partial charge in [-0.3, -0.25) is 4.79 Å². The van der Waals surface area contributed by atoms with E-state index in [0.717, 1.165) is 0 Å². The molecule has 0 bridgehead atoms.